The van der Waals surface area contributed by atoms with Crippen molar-refractivity contribution in [2.24, 2.45) is 5.92 Å². The van der Waals surface area contributed by atoms with Crippen LogP contribution in [0.4, 0.5) is 5.69 Å². The first-order chi connectivity index (χ1) is 19.4. The third-order valence-electron chi connectivity index (χ3n) is 7.87. The Morgan fingerprint density at radius 3 is 2.38 bits per heavy atom. The SMILES string of the molecule is CC(=O)c1cccc(OC(CCCCCN2CCC(c3cccc(NC(=O)C(C)C)c3)CC2)c2ccccc2)c1. The van der Waals surface area contributed by atoms with Gasteiger partial charge in [-0.15, -0.1) is 0 Å². The van der Waals surface area contributed by atoms with Crippen molar-refractivity contribution < 1.29 is 14.3 Å². The van der Waals surface area contributed by atoms with E-state index in [0.29, 0.717) is 11.5 Å². The highest BCUT2D eigenvalue weighted by Crippen LogP contribution is 2.31. The predicted octanol–water partition coefficient (Wildman–Crippen LogP) is 8.04. The Morgan fingerprint density at radius 1 is 0.900 bits per heavy atom. The maximum atomic E-state index is 12.1. The first-order valence-corrected chi connectivity index (χ1v) is 14.8. The molecule has 0 aliphatic carbocycles. The van der Waals surface area contributed by atoms with E-state index in [1.54, 1.807) is 6.92 Å². The number of nitrogens with zero attached hydrogens (tertiary/aromatic N) is 1. The number of amides is 1. The summed E-state index contributed by atoms with van der Waals surface area (Å²) in [6, 6.07) is 26.3. The van der Waals surface area contributed by atoms with Gasteiger partial charge in [0, 0.05) is 17.2 Å². The quantitative estimate of drug-likeness (QED) is 0.176. The lowest BCUT2D eigenvalue weighted by molar-refractivity contribution is -0.118. The Bertz CT molecular complexity index is 1230. The molecule has 3 aromatic rings. The van der Waals surface area contributed by atoms with E-state index in [-0.39, 0.29) is 23.7 Å². The molecule has 3 aromatic carbocycles. The van der Waals surface area contributed by atoms with Gasteiger partial charge in [-0.1, -0.05) is 74.9 Å². The van der Waals surface area contributed by atoms with Gasteiger partial charge in [-0.2, -0.15) is 0 Å². The molecule has 5 heteroatoms. The van der Waals surface area contributed by atoms with Crippen LogP contribution in [0.3, 0.4) is 0 Å². The van der Waals surface area contributed by atoms with Gasteiger partial charge in [-0.05, 0) is 100.0 Å². The number of hydrogen-bond donors (Lipinski definition) is 1. The summed E-state index contributed by atoms with van der Waals surface area (Å²) < 4.78 is 6.40. The Kier molecular flexibility index (Phi) is 10.9. The molecule has 1 heterocycles. The van der Waals surface area contributed by atoms with Crippen LogP contribution in [0.5, 0.6) is 5.75 Å². The first-order valence-electron chi connectivity index (χ1n) is 14.8. The molecule has 1 N–H and O–H groups in total. The van der Waals surface area contributed by atoms with Crippen molar-refractivity contribution in [2.75, 3.05) is 25.0 Å². The molecule has 1 aliphatic heterocycles. The van der Waals surface area contributed by atoms with Gasteiger partial charge in [0.15, 0.2) is 5.78 Å². The Balaban J connectivity index is 1.21. The molecule has 4 rings (SSSR count). The maximum Gasteiger partial charge on any atom is 0.226 e. The molecule has 1 atom stereocenters. The third kappa shape index (κ3) is 8.79. The highest BCUT2D eigenvalue weighted by Gasteiger charge is 2.21. The van der Waals surface area contributed by atoms with Crippen molar-refractivity contribution in [3.63, 3.8) is 0 Å². The maximum absolute atomic E-state index is 12.1. The summed E-state index contributed by atoms with van der Waals surface area (Å²) >= 11 is 0. The Hall–Kier alpha value is -3.44. The number of carbonyl (C=O) groups is 2. The molecule has 1 aliphatic rings. The number of benzene rings is 3. The topological polar surface area (TPSA) is 58.6 Å². The molecule has 0 aromatic heterocycles. The standard InChI is InChI=1S/C35H44N2O3/c1-26(2)35(39)36-32-16-10-15-31(24-32)28-19-22-37(23-20-28)21-9-5-8-18-34(29-12-6-4-7-13-29)40-33-17-11-14-30(25-33)27(3)38/h4,6-7,10-17,24-26,28,34H,5,8-9,18-23H2,1-3H3,(H,36,39). The molecule has 40 heavy (non-hydrogen) atoms. The molecule has 1 unspecified atom stereocenters. The number of Topliss-reactive ketones (excluding diaryl/α,β-unsaturated/α-hetero) is 1. The zero-order valence-electron chi connectivity index (χ0n) is 24.3. The second-order valence-electron chi connectivity index (χ2n) is 11.3. The molecule has 0 saturated carbocycles. The van der Waals surface area contributed by atoms with Crippen molar-refractivity contribution >= 4 is 17.4 Å². The van der Waals surface area contributed by atoms with Crippen LogP contribution < -0.4 is 10.1 Å². The van der Waals surface area contributed by atoms with E-state index >= 15 is 0 Å². The highest BCUT2D eigenvalue weighted by molar-refractivity contribution is 5.94. The van der Waals surface area contributed by atoms with Crippen LogP contribution in [0, 0.1) is 5.92 Å². The number of ether oxygens (including phenoxy) is 1. The molecular weight excluding hydrogens is 496 g/mol. The van der Waals surface area contributed by atoms with Gasteiger partial charge in [0.05, 0.1) is 0 Å². The number of unbranched alkanes of at least 4 members (excludes halogenated alkanes) is 2. The summed E-state index contributed by atoms with van der Waals surface area (Å²) in [5, 5.41) is 3.04. The number of nitrogens with one attached hydrogen (secondary N) is 1. The second-order valence-corrected chi connectivity index (χ2v) is 11.3. The van der Waals surface area contributed by atoms with Crippen LogP contribution in [0.25, 0.3) is 0 Å². The number of anilines is 1. The summed E-state index contributed by atoms with van der Waals surface area (Å²) in [4.78, 5) is 26.5. The fourth-order valence-electron chi connectivity index (χ4n) is 5.40. The lowest BCUT2D eigenvalue weighted by Crippen LogP contribution is -2.33. The van der Waals surface area contributed by atoms with Gasteiger partial charge in [-0.25, -0.2) is 0 Å². The van der Waals surface area contributed by atoms with Gasteiger partial charge in [0.2, 0.25) is 5.91 Å². The summed E-state index contributed by atoms with van der Waals surface area (Å²) in [6.45, 7) is 8.80. The molecule has 1 amide bonds. The highest BCUT2D eigenvalue weighted by atomic mass is 16.5. The lowest BCUT2D eigenvalue weighted by atomic mass is 9.89. The van der Waals surface area contributed by atoms with E-state index < -0.39 is 0 Å². The Morgan fingerprint density at radius 2 is 1.65 bits per heavy atom. The third-order valence-corrected chi connectivity index (χ3v) is 7.87. The normalized spacial score (nSPS) is 15.1. The van der Waals surface area contributed by atoms with Gasteiger partial charge in [-0.3, -0.25) is 9.59 Å². The van der Waals surface area contributed by atoms with Crippen LogP contribution in [0.15, 0.2) is 78.9 Å². The summed E-state index contributed by atoms with van der Waals surface area (Å²) in [7, 11) is 0. The summed E-state index contributed by atoms with van der Waals surface area (Å²) in [5.41, 5.74) is 4.09. The van der Waals surface area contributed by atoms with Crippen molar-refractivity contribution in [1.29, 1.82) is 0 Å². The first kappa shape index (κ1) is 29.5. The minimum atomic E-state index is -0.0276. The van der Waals surface area contributed by atoms with Gasteiger partial charge >= 0.3 is 0 Å². The number of ketones is 1. The average Bonchev–Trinajstić information content (AvgIpc) is 2.97. The molecule has 1 saturated heterocycles. The minimum Gasteiger partial charge on any atom is -0.486 e. The zero-order valence-corrected chi connectivity index (χ0v) is 24.3. The number of piperidine rings is 1. The fraction of sp³-hybridized carbons (Fsp3) is 0.429. The van der Waals surface area contributed by atoms with Gasteiger partial charge in [0.1, 0.15) is 11.9 Å². The van der Waals surface area contributed by atoms with Crippen LogP contribution in [-0.4, -0.2) is 36.2 Å². The van der Waals surface area contributed by atoms with Gasteiger partial charge < -0.3 is 15.0 Å². The minimum absolute atomic E-state index is 0.0199. The zero-order chi connectivity index (χ0) is 28.3. The average molecular weight is 541 g/mol. The van der Waals surface area contributed by atoms with Crippen molar-refractivity contribution in [2.45, 2.75) is 71.3 Å². The van der Waals surface area contributed by atoms with Crippen LogP contribution in [0.2, 0.25) is 0 Å². The van der Waals surface area contributed by atoms with E-state index in [4.69, 9.17) is 4.74 Å². The molecular formula is C35H44N2O3. The number of rotatable bonds is 13. The molecule has 0 spiro atoms. The predicted molar refractivity (Wildman–Crippen MR) is 163 cm³/mol. The van der Waals surface area contributed by atoms with Crippen molar-refractivity contribution in [1.82, 2.24) is 4.90 Å². The lowest BCUT2D eigenvalue weighted by Gasteiger charge is -2.32. The molecule has 0 bridgehead atoms. The van der Waals surface area contributed by atoms with Crippen LogP contribution in [0.1, 0.15) is 92.8 Å². The van der Waals surface area contributed by atoms with Crippen LogP contribution >= 0.6 is 0 Å². The largest absolute Gasteiger partial charge is 0.486 e. The number of hydrogen-bond acceptors (Lipinski definition) is 4. The summed E-state index contributed by atoms with van der Waals surface area (Å²) in [5.74, 6) is 1.40. The van der Waals surface area contributed by atoms with E-state index in [1.165, 1.54) is 17.5 Å². The van der Waals surface area contributed by atoms with E-state index in [9.17, 15) is 9.59 Å². The number of likely N-dealkylation sites (tertiary alicyclic amines) is 1. The fourth-order valence-corrected chi connectivity index (χ4v) is 5.40. The van der Waals surface area contributed by atoms with E-state index in [1.807, 2.05) is 50.2 Å². The van der Waals surface area contributed by atoms with Crippen molar-refractivity contribution in [3.05, 3.63) is 95.6 Å². The molecule has 212 valence electrons. The molecule has 5 nitrogen and oxygen atoms in total. The second kappa shape index (κ2) is 14.8. The van der Waals surface area contributed by atoms with Gasteiger partial charge in [0.25, 0.3) is 0 Å². The molecule has 1 fully saturated rings. The van der Waals surface area contributed by atoms with E-state index in [0.717, 1.165) is 63.2 Å². The summed E-state index contributed by atoms with van der Waals surface area (Å²) in [6.07, 6.45) is 6.67. The van der Waals surface area contributed by atoms with Crippen LogP contribution in [-0.2, 0) is 4.79 Å². The van der Waals surface area contributed by atoms with E-state index in [2.05, 4.69) is 52.7 Å². The van der Waals surface area contributed by atoms with Crippen molar-refractivity contribution in [3.8, 4) is 5.75 Å². The smallest absolute Gasteiger partial charge is 0.226 e. The monoisotopic (exact) mass is 540 g/mol. The number of carbonyl (C=O) groups excluding carboxylic acids is 2. The molecule has 0 radical (unpaired) electrons. The Labute approximate surface area is 239 Å².